The summed E-state index contributed by atoms with van der Waals surface area (Å²) in [4.78, 5) is 25.9. The fourth-order valence-corrected chi connectivity index (χ4v) is 2.10. The Morgan fingerprint density at radius 3 is 2.65 bits per heavy atom. The first-order chi connectivity index (χ1) is 7.92. The average molecular weight is 242 g/mol. The normalized spacial score (nSPS) is 23.8. The number of aliphatic hydroxyl groups is 1. The Hall–Kier alpha value is -1.14. The van der Waals surface area contributed by atoms with Crippen LogP contribution in [0.3, 0.4) is 0 Å². The van der Waals surface area contributed by atoms with Crippen LogP contribution in [-0.4, -0.2) is 65.3 Å². The number of imide groups is 1. The van der Waals surface area contributed by atoms with Gasteiger partial charge in [-0.15, -0.1) is 0 Å². The molecule has 2 aliphatic heterocycles. The number of amides is 2. The van der Waals surface area contributed by atoms with Crippen LogP contribution in [0.2, 0.25) is 0 Å². The van der Waals surface area contributed by atoms with Crippen molar-refractivity contribution in [2.24, 2.45) is 5.92 Å². The van der Waals surface area contributed by atoms with Crippen LogP contribution in [0.25, 0.3) is 0 Å². The smallest absolute Gasteiger partial charge is 0.416 e. The van der Waals surface area contributed by atoms with Crippen LogP contribution in [0, 0.1) is 5.92 Å². The van der Waals surface area contributed by atoms with Gasteiger partial charge in [-0.1, -0.05) is 13.8 Å². The van der Waals surface area contributed by atoms with E-state index in [0.717, 1.165) is 4.90 Å². The highest BCUT2D eigenvalue weighted by Gasteiger charge is 2.44. The third kappa shape index (κ3) is 2.28. The van der Waals surface area contributed by atoms with E-state index in [1.54, 1.807) is 0 Å². The SMILES string of the molecule is CC(C)C1(O)CN(CC(=O)N2CCOC2=O)C1. The van der Waals surface area contributed by atoms with Gasteiger partial charge in [-0.3, -0.25) is 9.69 Å². The van der Waals surface area contributed by atoms with Crippen molar-refractivity contribution < 1.29 is 19.4 Å². The zero-order valence-corrected chi connectivity index (χ0v) is 10.2. The van der Waals surface area contributed by atoms with E-state index in [1.807, 2.05) is 18.7 Å². The van der Waals surface area contributed by atoms with Gasteiger partial charge in [-0.2, -0.15) is 0 Å². The largest absolute Gasteiger partial charge is 0.447 e. The van der Waals surface area contributed by atoms with Gasteiger partial charge in [0.05, 0.1) is 18.7 Å². The summed E-state index contributed by atoms with van der Waals surface area (Å²) in [6, 6.07) is 0. The van der Waals surface area contributed by atoms with Gasteiger partial charge in [0, 0.05) is 13.1 Å². The molecule has 2 saturated heterocycles. The number of rotatable bonds is 3. The number of β-amino-alcohol motifs (C(OH)–C–C–N with tert-alkyl or cyclic N) is 1. The standard InChI is InChI=1S/C11H18N2O4/c1-8(2)11(16)6-12(7-11)5-9(14)13-3-4-17-10(13)15/h8,16H,3-7H2,1-2H3. The number of nitrogens with zero attached hydrogens (tertiary/aromatic N) is 2. The molecule has 2 amide bonds. The van der Waals surface area contributed by atoms with Crippen LogP contribution in [0.5, 0.6) is 0 Å². The molecule has 0 spiro atoms. The van der Waals surface area contributed by atoms with Gasteiger partial charge >= 0.3 is 6.09 Å². The Morgan fingerprint density at radius 2 is 2.18 bits per heavy atom. The van der Waals surface area contributed by atoms with E-state index in [4.69, 9.17) is 4.74 Å². The van der Waals surface area contributed by atoms with Crippen molar-refractivity contribution >= 4 is 12.0 Å². The Labute approximate surface area is 100 Å². The lowest BCUT2D eigenvalue weighted by atomic mass is 9.83. The van der Waals surface area contributed by atoms with Crippen molar-refractivity contribution in [3.8, 4) is 0 Å². The van der Waals surface area contributed by atoms with E-state index >= 15 is 0 Å². The lowest BCUT2D eigenvalue weighted by Gasteiger charge is -2.48. The van der Waals surface area contributed by atoms with Crippen molar-refractivity contribution in [3.63, 3.8) is 0 Å². The first kappa shape index (κ1) is 12.3. The molecule has 0 aromatic rings. The number of hydrogen-bond donors (Lipinski definition) is 1. The summed E-state index contributed by atoms with van der Waals surface area (Å²) in [5, 5.41) is 10.0. The van der Waals surface area contributed by atoms with Gasteiger partial charge in [0.25, 0.3) is 0 Å². The molecule has 0 unspecified atom stereocenters. The fourth-order valence-electron chi connectivity index (χ4n) is 2.10. The highest BCUT2D eigenvalue weighted by atomic mass is 16.6. The van der Waals surface area contributed by atoms with Crippen LogP contribution in [0.15, 0.2) is 0 Å². The molecule has 0 atom stereocenters. The third-order valence-electron chi connectivity index (χ3n) is 3.49. The van der Waals surface area contributed by atoms with E-state index in [9.17, 15) is 14.7 Å². The van der Waals surface area contributed by atoms with Crippen molar-refractivity contribution in [1.29, 1.82) is 0 Å². The fraction of sp³-hybridized carbons (Fsp3) is 0.818. The number of cyclic esters (lactones) is 1. The van der Waals surface area contributed by atoms with Gasteiger partial charge < -0.3 is 9.84 Å². The molecule has 17 heavy (non-hydrogen) atoms. The number of ether oxygens (including phenoxy) is 1. The van der Waals surface area contributed by atoms with Crippen LogP contribution in [0.4, 0.5) is 4.79 Å². The van der Waals surface area contributed by atoms with Gasteiger partial charge in [-0.05, 0) is 5.92 Å². The lowest BCUT2D eigenvalue weighted by Crippen LogP contribution is -2.65. The van der Waals surface area contributed by atoms with Crippen molar-refractivity contribution in [2.75, 3.05) is 32.8 Å². The molecule has 0 aromatic heterocycles. The summed E-state index contributed by atoms with van der Waals surface area (Å²) < 4.78 is 4.70. The van der Waals surface area contributed by atoms with E-state index in [-0.39, 0.29) is 25.0 Å². The molecule has 96 valence electrons. The number of carbonyl (C=O) groups is 2. The third-order valence-corrected chi connectivity index (χ3v) is 3.49. The molecule has 0 radical (unpaired) electrons. The summed E-state index contributed by atoms with van der Waals surface area (Å²) in [6.07, 6.45) is -0.561. The van der Waals surface area contributed by atoms with Gasteiger partial charge in [0.2, 0.25) is 5.91 Å². The topological polar surface area (TPSA) is 70.1 Å². The summed E-state index contributed by atoms with van der Waals surface area (Å²) in [5.41, 5.74) is -0.689. The van der Waals surface area contributed by atoms with Gasteiger partial charge in [-0.25, -0.2) is 9.69 Å². The molecule has 2 fully saturated rings. The minimum atomic E-state index is -0.689. The summed E-state index contributed by atoms with van der Waals surface area (Å²) in [7, 11) is 0. The first-order valence-electron chi connectivity index (χ1n) is 5.84. The highest BCUT2D eigenvalue weighted by molar-refractivity contribution is 5.94. The molecule has 0 bridgehead atoms. The first-order valence-corrected chi connectivity index (χ1v) is 5.84. The maximum absolute atomic E-state index is 11.7. The Morgan fingerprint density at radius 1 is 1.53 bits per heavy atom. The number of carbonyl (C=O) groups excluding carboxylic acids is 2. The van der Waals surface area contributed by atoms with E-state index in [0.29, 0.717) is 19.6 Å². The zero-order valence-electron chi connectivity index (χ0n) is 10.2. The second-order valence-electron chi connectivity index (χ2n) is 5.06. The number of hydrogen-bond acceptors (Lipinski definition) is 5. The van der Waals surface area contributed by atoms with E-state index < -0.39 is 11.7 Å². The average Bonchev–Trinajstić information content (AvgIpc) is 2.61. The second-order valence-corrected chi connectivity index (χ2v) is 5.06. The van der Waals surface area contributed by atoms with Gasteiger partial charge in [0.1, 0.15) is 6.61 Å². The van der Waals surface area contributed by atoms with E-state index in [1.165, 1.54) is 0 Å². The van der Waals surface area contributed by atoms with Crippen LogP contribution in [0.1, 0.15) is 13.8 Å². The predicted molar refractivity (Wildman–Crippen MR) is 59.3 cm³/mol. The molecule has 2 rings (SSSR count). The molecule has 6 heteroatoms. The van der Waals surface area contributed by atoms with Crippen LogP contribution in [-0.2, 0) is 9.53 Å². The monoisotopic (exact) mass is 242 g/mol. The number of likely N-dealkylation sites (tertiary alicyclic amines) is 1. The minimum Gasteiger partial charge on any atom is -0.447 e. The Balaban J connectivity index is 1.80. The second kappa shape index (κ2) is 4.27. The highest BCUT2D eigenvalue weighted by Crippen LogP contribution is 2.28. The van der Waals surface area contributed by atoms with Gasteiger partial charge in [0.15, 0.2) is 0 Å². The minimum absolute atomic E-state index is 0.171. The summed E-state index contributed by atoms with van der Waals surface area (Å²) in [5.74, 6) is -0.0797. The maximum Gasteiger partial charge on any atom is 0.416 e. The molecule has 2 heterocycles. The Kier molecular flexibility index (Phi) is 3.09. The van der Waals surface area contributed by atoms with Crippen LogP contribution >= 0.6 is 0 Å². The summed E-state index contributed by atoms with van der Waals surface area (Å²) >= 11 is 0. The maximum atomic E-state index is 11.7. The Bertz CT molecular complexity index is 336. The molecular weight excluding hydrogens is 224 g/mol. The molecular formula is C11H18N2O4. The van der Waals surface area contributed by atoms with Crippen LogP contribution < -0.4 is 0 Å². The van der Waals surface area contributed by atoms with Crippen molar-refractivity contribution in [1.82, 2.24) is 9.80 Å². The molecule has 0 aliphatic carbocycles. The van der Waals surface area contributed by atoms with Crippen molar-refractivity contribution in [3.05, 3.63) is 0 Å². The molecule has 1 N–H and O–H groups in total. The molecule has 6 nitrogen and oxygen atoms in total. The summed E-state index contributed by atoms with van der Waals surface area (Å²) in [6.45, 7) is 5.66. The lowest BCUT2D eigenvalue weighted by molar-refractivity contribution is -0.146. The molecule has 0 aromatic carbocycles. The molecule has 0 saturated carbocycles. The molecule has 2 aliphatic rings. The van der Waals surface area contributed by atoms with E-state index in [2.05, 4.69) is 0 Å². The van der Waals surface area contributed by atoms with Crippen molar-refractivity contribution in [2.45, 2.75) is 19.4 Å². The zero-order chi connectivity index (χ0) is 12.6. The quantitative estimate of drug-likeness (QED) is 0.733. The predicted octanol–water partition coefficient (Wildman–Crippen LogP) is -0.332.